The third-order valence-corrected chi connectivity index (χ3v) is 3.77. The van der Waals surface area contributed by atoms with E-state index in [0.29, 0.717) is 15.0 Å². The van der Waals surface area contributed by atoms with Crippen LogP contribution in [0.2, 0.25) is 0 Å². The predicted octanol–water partition coefficient (Wildman–Crippen LogP) is 2.83. The van der Waals surface area contributed by atoms with Crippen molar-refractivity contribution in [2.75, 3.05) is 0 Å². The molecule has 0 spiro atoms. The molecule has 16 heavy (non-hydrogen) atoms. The van der Waals surface area contributed by atoms with Crippen LogP contribution in [0.1, 0.15) is 5.56 Å². The number of hydrogen-bond donors (Lipinski definition) is 0. The van der Waals surface area contributed by atoms with Gasteiger partial charge in [-0.1, -0.05) is 0 Å². The van der Waals surface area contributed by atoms with E-state index in [1.54, 1.807) is 6.07 Å². The molecule has 0 fully saturated rings. The summed E-state index contributed by atoms with van der Waals surface area (Å²) in [7, 11) is 0. The van der Waals surface area contributed by atoms with Gasteiger partial charge in [0.1, 0.15) is 0 Å². The van der Waals surface area contributed by atoms with Crippen molar-refractivity contribution < 1.29 is 4.39 Å². The van der Waals surface area contributed by atoms with Gasteiger partial charge in [-0.2, -0.15) is 0 Å². The van der Waals surface area contributed by atoms with E-state index in [2.05, 4.69) is 17.1 Å². The second-order valence-corrected chi connectivity index (χ2v) is 5.34. The average molecular weight is 277 g/mol. The van der Waals surface area contributed by atoms with Gasteiger partial charge in [0.05, 0.1) is 0 Å². The van der Waals surface area contributed by atoms with Crippen LogP contribution in [-0.2, 0) is 0 Å². The summed E-state index contributed by atoms with van der Waals surface area (Å²) in [5.41, 5.74) is 0.915. The van der Waals surface area contributed by atoms with Crippen LogP contribution in [0.25, 0.3) is 6.08 Å². The van der Waals surface area contributed by atoms with Crippen molar-refractivity contribution in [3.63, 3.8) is 0 Å². The Hall–Kier alpha value is -1.37. The Labute approximate surface area is 101 Å². The third kappa shape index (κ3) is 3.34. The molecule has 0 saturated carbocycles. The van der Waals surface area contributed by atoms with Crippen LogP contribution in [0, 0.1) is 5.82 Å². The monoisotopic (exact) mass is 278 g/mol. The predicted molar refractivity (Wildman–Crippen MR) is 67.3 cm³/mol. The molecule has 0 nitrogen and oxygen atoms in total. The normalized spacial score (nSPS) is 10.8. The molecule has 0 aromatic heterocycles. The minimum atomic E-state index is -0.186. The first-order valence-corrected chi connectivity index (χ1v) is 6.83. The van der Waals surface area contributed by atoms with E-state index in [1.165, 1.54) is 16.6 Å². The molecule has 0 radical (unpaired) electrons. The molecule has 0 aliphatic carbocycles. The van der Waals surface area contributed by atoms with Gasteiger partial charge in [0.25, 0.3) is 0 Å². The van der Waals surface area contributed by atoms with Crippen LogP contribution in [0.15, 0.2) is 59.6 Å². The molecule has 2 rings (SSSR count). The summed E-state index contributed by atoms with van der Waals surface area (Å²) in [5.74, 6) is -0.186. The Morgan fingerprint density at radius 2 is 1.75 bits per heavy atom. The molecule has 2 heteroatoms. The zero-order valence-electron chi connectivity index (χ0n) is 8.64. The van der Waals surface area contributed by atoms with E-state index < -0.39 is 0 Å². The molecule has 0 unspecified atom stereocenters. The van der Waals surface area contributed by atoms with Gasteiger partial charge in [-0.15, -0.1) is 0 Å². The zero-order valence-corrected chi connectivity index (χ0v) is 10.4. The summed E-state index contributed by atoms with van der Waals surface area (Å²) in [6.07, 6.45) is 1.97. The molecule has 0 atom stereocenters. The van der Waals surface area contributed by atoms with E-state index in [9.17, 15) is 4.39 Å². The van der Waals surface area contributed by atoms with E-state index in [1.807, 2.05) is 30.3 Å². The molecule has 0 heterocycles. The fraction of sp³-hybridized carbons (Fsp3) is 0. The Morgan fingerprint density at radius 3 is 2.50 bits per heavy atom. The topological polar surface area (TPSA) is 0 Å². The molecule has 0 aliphatic heterocycles. The summed E-state index contributed by atoms with van der Waals surface area (Å²) in [6.45, 7) is 0. The molecule has 0 amide bonds. The van der Waals surface area contributed by atoms with E-state index in [0.717, 1.165) is 5.56 Å². The molecular formula is C14H11FSe. The fourth-order valence-corrected chi connectivity index (χ4v) is 2.76. The van der Waals surface area contributed by atoms with Crippen LogP contribution in [0.4, 0.5) is 4.39 Å². The van der Waals surface area contributed by atoms with E-state index >= 15 is 0 Å². The molecule has 0 bridgehead atoms. The Kier molecular flexibility index (Phi) is 3.92. The molecule has 0 aliphatic rings. The van der Waals surface area contributed by atoms with Crippen molar-refractivity contribution in [3.8, 4) is 0 Å². The number of halogens is 1. The van der Waals surface area contributed by atoms with Crippen LogP contribution in [0.3, 0.4) is 0 Å². The first-order valence-electron chi connectivity index (χ1n) is 4.98. The maximum absolute atomic E-state index is 12.9. The number of hydrogen-bond acceptors (Lipinski definition) is 0. The van der Waals surface area contributed by atoms with Gasteiger partial charge in [0.2, 0.25) is 0 Å². The van der Waals surface area contributed by atoms with E-state index in [-0.39, 0.29) is 5.82 Å². The van der Waals surface area contributed by atoms with Crippen molar-refractivity contribution in [2.45, 2.75) is 0 Å². The van der Waals surface area contributed by atoms with Gasteiger partial charge in [-0.25, -0.2) is 0 Å². The SMILES string of the molecule is Fc1cccc(/C=C/[Se]c2ccccc2)c1. The average Bonchev–Trinajstić information content (AvgIpc) is 2.30. The van der Waals surface area contributed by atoms with Gasteiger partial charge in [-0.05, 0) is 0 Å². The van der Waals surface area contributed by atoms with E-state index in [4.69, 9.17) is 0 Å². The van der Waals surface area contributed by atoms with Crippen LogP contribution in [-0.4, -0.2) is 15.0 Å². The van der Waals surface area contributed by atoms with Crippen LogP contribution < -0.4 is 4.46 Å². The second kappa shape index (κ2) is 5.64. The van der Waals surface area contributed by atoms with Crippen molar-refractivity contribution in [1.82, 2.24) is 0 Å². The molecule has 2 aromatic carbocycles. The minimum absolute atomic E-state index is 0.186. The van der Waals surface area contributed by atoms with Crippen molar-refractivity contribution in [3.05, 3.63) is 71.0 Å². The molecule has 80 valence electrons. The van der Waals surface area contributed by atoms with Gasteiger partial charge in [0.15, 0.2) is 0 Å². The Balaban J connectivity index is 2.00. The summed E-state index contributed by atoms with van der Waals surface area (Å²) in [4.78, 5) is 2.11. The van der Waals surface area contributed by atoms with Gasteiger partial charge in [0, 0.05) is 0 Å². The zero-order chi connectivity index (χ0) is 11.2. The molecule has 0 saturated heterocycles. The van der Waals surface area contributed by atoms with Crippen molar-refractivity contribution >= 4 is 25.5 Å². The molecule has 2 aromatic rings. The van der Waals surface area contributed by atoms with Crippen molar-refractivity contribution in [2.24, 2.45) is 0 Å². The summed E-state index contributed by atoms with van der Waals surface area (Å²) in [6, 6.07) is 16.9. The quantitative estimate of drug-likeness (QED) is 0.757. The van der Waals surface area contributed by atoms with Gasteiger partial charge in [-0.3, -0.25) is 0 Å². The Bertz CT molecular complexity index is 477. The maximum atomic E-state index is 12.9. The van der Waals surface area contributed by atoms with Gasteiger partial charge < -0.3 is 0 Å². The second-order valence-electron chi connectivity index (χ2n) is 3.29. The number of benzene rings is 2. The fourth-order valence-electron chi connectivity index (χ4n) is 1.30. The number of rotatable bonds is 3. The molecular weight excluding hydrogens is 266 g/mol. The summed E-state index contributed by atoms with van der Waals surface area (Å²) >= 11 is 0.313. The first-order chi connectivity index (χ1) is 7.84. The third-order valence-electron chi connectivity index (χ3n) is 2.06. The van der Waals surface area contributed by atoms with Crippen LogP contribution >= 0.6 is 0 Å². The summed E-state index contributed by atoms with van der Waals surface area (Å²) in [5, 5.41) is 0. The van der Waals surface area contributed by atoms with Crippen molar-refractivity contribution in [1.29, 1.82) is 0 Å². The van der Waals surface area contributed by atoms with Crippen LogP contribution in [0.5, 0.6) is 0 Å². The standard InChI is InChI=1S/C14H11FSe/c15-13-6-4-5-12(11-13)9-10-16-14-7-2-1-3-8-14/h1-11H/b10-9+. The summed E-state index contributed by atoms with van der Waals surface area (Å²) < 4.78 is 14.2. The molecule has 0 N–H and O–H groups in total. The Morgan fingerprint density at radius 1 is 0.938 bits per heavy atom. The first kappa shape index (κ1) is 11.1. The van der Waals surface area contributed by atoms with Gasteiger partial charge >= 0.3 is 101 Å².